The Morgan fingerprint density at radius 3 is 2.71 bits per heavy atom. The molecule has 7 heteroatoms. The van der Waals surface area contributed by atoms with Gasteiger partial charge in [-0.25, -0.2) is 0 Å². The van der Waals surface area contributed by atoms with Crippen LogP contribution in [0.15, 0.2) is 77.2 Å². The Bertz CT molecular complexity index is 1110. The van der Waals surface area contributed by atoms with Gasteiger partial charge in [0.2, 0.25) is 4.77 Å². The van der Waals surface area contributed by atoms with Crippen LogP contribution >= 0.6 is 23.6 Å². The Morgan fingerprint density at radius 2 is 1.89 bits per heavy atom. The lowest BCUT2D eigenvalue weighted by Crippen LogP contribution is -2.01. The van der Waals surface area contributed by atoms with Gasteiger partial charge in [-0.05, 0) is 41.4 Å². The molecule has 0 atom stereocenters. The summed E-state index contributed by atoms with van der Waals surface area (Å²) in [4.78, 5) is 1.21. The second-order valence-electron chi connectivity index (χ2n) is 6.07. The summed E-state index contributed by atoms with van der Waals surface area (Å²) in [6.45, 7) is 0.500. The molecule has 0 fully saturated rings. The maximum atomic E-state index is 5.99. The molecule has 0 saturated carbocycles. The Morgan fingerprint density at radius 1 is 1.07 bits per heavy atom. The molecule has 0 saturated heterocycles. The minimum atomic E-state index is 0.463. The molecule has 0 amide bonds. The molecule has 140 valence electrons. The lowest BCUT2D eigenvalue weighted by molar-refractivity contribution is 0.306. The van der Waals surface area contributed by atoms with E-state index in [1.165, 1.54) is 4.88 Å². The SMILES string of the molecule is S=c1[nH]nc(Cc2cccs2)n1/N=C\c1ccccc1OCc1ccccc1. The molecule has 0 aliphatic carbocycles. The molecule has 0 aliphatic rings. The summed E-state index contributed by atoms with van der Waals surface area (Å²) in [7, 11) is 0. The number of rotatable bonds is 7. The van der Waals surface area contributed by atoms with E-state index in [4.69, 9.17) is 17.0 Å². The molecule has 2 aromatic heterocycles. The molecule has 4 rings (SSSR count). The van der Waals surface area contributed by atoms with Gasteiger partial charge in [0.25, 0.3) is 0 Å². The summed E-state index contributed by atoms with van der Waals surface area (Å²) >= 11 is 7.02. The van der Waals surface area contributed by atoms with Crippen LogP contribution in [-0.2, 0) is 13.0 Å². The van der Waals surface area contributed by atoms with Crippen molar-refractivity contribution in [1.29, 1.82) is 0 Å². The molecule has 5 nitrogen and oxygen atoms in total. The van der Waals surface area contributed by atoms with Crippen LogP contribution in [0.5, 0.6) is 5.75 Å². The van der Waals surface area contributed by atoms with Crippen LogP contribution in [0.3, 0.4) is 0 Å². The van der Waals surface area contributed by atoms with Crippen molar-refractivity contribution in [2.24, 2.45) is 5.10 Å². The minimum Gasteiger partial charge on any atom is -0.488 e. The Hall–Kier alpha value is -3.03. The van der Waals surface area contributed by atoms with Gasteiger partial charge in [-0.3, -0.25) is 5.10 Å². The molecule has 0 bridgehead atoms. The zero-order chi connectivity index (χ0) is 19.2. The van der Waals surface area contributed by atoms with Crippen LogP contribution in [0.25, 0.3) is 0 Å². The van der Waals surface area contributed by atoms with Gasteiger partial charge in [0.05, 0.1) is 6.21 Å². The number of para-hydroxylation sites is 1. The first kappa shape index (κ1) is 18.3. The first-order chi connectivity index (χ1) is 13.8. The molecule has 1 N–H and O–H groups in total. The van der Waals surface area contributed by atoms with Gasteiger partial charge in [-0.15, -0.1) is 11.3 Å². The number of aromatic amines is 1. The minimum absolute atomic E-state index is 0.463. The Balaban J connectivity index is 1.54. The summed E-state index contributed by atoms with van der Waals surface area (Å²) in [6, 6.07) is 22.0. The van der Waals surface area contributed by atoms with Crippen LogP contribution in [0.4, 0.5) is 0 Å². The molecule has 0 spiro atoms. The first-order valence-corrected chi connectivity index (χ1v) is 10.1. The molecule has 0 aliphatic heterocycles. The van der Waals surface area contributed by atoms with Gasteiger partial charge in [-0.2, -0.15) is 14.9 Å². The van der Waals surface area contributed by atoms with Crippen molar-refractivity contribution in [2.75, 3.05) is 0 Å². The second-order valence-corrected chi connectivity index (χ2v) is 7.49. The fourth-order valence-corrected chi connectivity index (χ4v) is 3.60. The van der Waals surface area contributed by atoms with Crippen molar-refractivity contribution in [1.82, 2.24) is 14.9 Å². The summed E-state index contributed by atoms with van der Waals surface area (Å²) in [5, 5.41) is 13.7. The molecule has 4 aromatic rings. The second kappa shape index (κ2) is 8.77. The van der Waals surface area contributed by atoms with Crippen LogP contribution in [0, 0.1) is 4.77 Å². The van der Waals surface area contributed by atoms with E-state index >= 15 is 0 Å². The van der Waals surface area contributed by atoms with Crippen LogP contribution in [-0.4, -0.2) is 21.1 Å². The normalized spacial score (nSPS) is 11.1. The molecule has 0 radical (unpaired) electrons. The van der Waals surface area contributed by atoms with Crippen LogP contribution in [0.1, 0.15) is 21.8 Å². The first-order valence-electron chi connectivity index (χ1n) is 8.78. The van der Waals surface area contributed by atoms with E-state index < -0.39 is 0 Å². The molecular weight excluding hydrogens is 388 g/mol. The molecular formula is C21H18N4OS2. The Labute approximate surface area is 172 Å². The van der Waals surface area contributed by atoms with E-state index in [0.717, 1.165) is 22.7 Å². The number of nitrogens with one attached hydrogen (secondary N) is 1. The summed E-state index contributed by atoms with van der Waals surface area (Å²) in [5.74, 6) is 1.54. The fraction of sp³-hybridized carbons (Fsp3) is 0.0952. The number of hydrogen-bond donors (Lipinski definition) is 1. The average molecular weight is 407 g/mol. The smallest absolute Gasteiger partial charge is 0.216 e. The van der Waals surface area contributed by atoms with Crippen molar-refractivity contribution in [3.8, 4) is 5.75 Å². The average Bonchev–Trinajstić information content (AvgIpc) is 3.37. The third kappa shape index (κ3) is 4.44. The zero-order valence-corrected chi connectivity index (χ0v) is 16.6. The lowest BCUT2D eigenvalue weighted by Gasteiger charge is -2.09. The van der Waals surface area contributed by atoms with E-state index in [9.17, 15) is 0 Å². The van der Waals surface area contributed by atoms with E-state index in [1.807, 2.05) is 66.0 Å². The van der Waals surface area contributed by atoms with E-state index in [-0.39, 0.29) is 0 Å². The Kier molecular flexibility index (Phi) is 5.75. The third-order valence-electron chi connectivity index (χ3n) is 4.10. The zero-order valence-electron chi connectivity index (χ0n) is 15.0. The number of H-pyrrole nitrogens is 1. The molecule has 0 unspecified atom stereocenters. The van der Waals surface area contributed by atoms with Crippen molar-refractivity contribution < 1.29 is 4.74 Å². The number of nitrogens with zero attached hydrogens (tertiary/aromatic N) is 3. The van der Waals surface area contributed by atoms with Gasteiger partial charge in [0.15, 0.2) is 5.82 Å². The van der Waals surface area contributed by atoms with E-state index in [1.54, 1.807) is 22.2 Å². The highest BCUT2D eigenvalue weighted by molar-refractivity contribution is 7.71. The largest absolute Gasteiger partial charge is 0.488 e. The highest BCUT2D eigenvalue weighted by Crippen LogP contribution is 2.18. The van der Waals surface area contributed by atoms with Gasteiger partial charge in [0, 0.05) is 16.9 Å². The summed E-state index contributed by atoms with van der Waals surface area (Å²) < 4.78 is 8.11. The van der Waals surface area contributed by atoms with E-state index in [2.05, 4.69) is 21.4 Å². The standard InChI is InChI=1S/C21H18N4OS2/c27-21-24-23-20(13-18-10-6-12-28-18)25(21)22-14-17-9-4-5-11-19(17)26-15-16-7-2-1-3-8-16/h1-12,14H,13,15H2,(H,24,27)/b22-14-. The maximum Gasteiger partial charge on any atom is 0.216 e. The predicted octanol–water partition coefficient (Wildman–Crippen LogP) is 5.05. The van der Waals surface area contributed by atoms with Crippen molar-refractivity contribution in [3.05, 3.63) is 98.7 Å². The molecule has 2 heterocycles. The predicted molar refractivity (Wildman–Crippen MR) is 115 cm³/mol. The highest BCUT2D eigenvalue weighted by Gasteiger charge is 2.08. The third-order valence-corrected chi connectivity index (χ3v) is 5.24. The van der Waals surface area contributed by atoms with Crippen molar-refractivity contribution in [3.63, 3.8) is 0 Å². The van der Waals surface area contributed by atoms with Crippen LogP contribution < -0.4 is 4.74 Å². The molecule has 28 heavy (non-hydrogen) atoms. The lowest BCUT2D eigenvalue weighted by atomic mass is 10.2. The van der Waals surface area contributed by atoms with Gasteiger partial charge in [0.1, 0.15) is 12.4 Å². The number of benzene rings is 2. The number of thiophene rings is 1. The van der Waals surface area contributed by atoms with Gasteiger partial charge in [-0.1, -0.05) is 48.5 Å². The van der Waals surface area contributed by atoms with Crippen LogP contribution in [0.2, 0.25) is 0 Å². The molecule has 2 aromatic carbocycles. The van der Waals surface area contributed by atoms with Crippen molar-refractivity contribution >= 4 is 29.8 Å². The van der Waals surface area contributed by atoms with Crippen molar-refractivity contribution in [2.45, 2.75) is 13.0 Å². The van der Waals surface area contributed by atoms with E-state index in [0.29, 0.717) is 17.8 Å². The maximum absolute atomic E-state index is 5.99. The van der Waals surface area contributed by atoms with Gasteiger partial charge >= 0.3 is 0 Å². The highest BCUT2D eigenvalue weighted by atomic mass is 32.1. The fourth-order valence-electron chi connectivity index (χ4n) is 2.70. The number of ether oxygens (including phenoxy) is 1. The monoisotopic (exact) mass is 406 g/mol. The summed E-state index contributed by atoms with van der Waals surface area (Å²) in [6.07, 6.45) is 2.43. The number of aromatic nitrogens is 3. The topological polar surface area (TPSA) is 55.2 Å². The quantitative estimate of drug-likeness (QED) is 0.345. The van der Waals surface area contributed by atoms with Gasteiger partial charge < -0.3 is 4.74 Å². The number of hydrogen-bond acceptors (Lipinski definition) is 5. The summed E-state index contributed by atoms with van der Waals surface area (Å²) in [5.41, 5.74) is 1.99.